The molecule has 1 fully saturated rings. The first-order chi connectivity index (χ1) is 8.58. The van der Waals surface area contributed by atoms with E-state index in [1.807, 2.05) is 6.07 Å². The Labute approximate surface area is 109 Å². The van der Waals surface area contributed by atoms with Crippen LogP contribution in [0.15, 0.2) is 6.07 Å². The highest BCUT2D eigenvalue weighted by Crippen LogP contribution is 2.34. The fourth-order valence-electron chi connectivity index (χ4n) is 2.11. The van der Waals surface area contributed by atoms with Crippen molar-refractivity contribution in [2.24, 2.45) is 5.92 Å². The highest BCUT2D eigenvalue weighted by Gasteiger charge is 2.24. The summed E-state index contributed by atoms with van der Waals surface area (Å²) in [6, 6.07) is 2.34. The van der Waals surface area contributed by atoms with Crippen molar-refractivity contribution >= 4 is 11.6 Å². The Morgan fingerprint density at radius 2 is 2.11 bits per heavy atom. The third-order valence-corrected chi connectivity index (χ3v) is 3.44. The SMILES string of the molecule is CCC(CC1CC1)Nc1cc(N)nc(C(C)C)n1. The maximum Gasteiger partial charge on any atom is 0.135 e. The van der Waals surface area contributed by atoms with E-state index in [1.54, 1.807) is 0 Å². The van der Waals surface area contributed by atoms with E-state index in [4.69, 9.17) is 5.73 Å². The van der Waals surface area contributed by atoms with Gasteiger partial charge in [-0.05, 0) is 18.8 Å². The van der Waals surface area contributed by atoms with Crippen molar-refractivity contribution in [1.29, 1.82) is 0 Å². The molecule has 2 rings (SSSR count). The molecule has 0 saturated heterocycles. The average Bonchev–Trinajstić information content (AvgIpc) is 3.11. The molecule has 4 nitrogen and oxygen atoms in total. The molecule has 0 radical (unpaired) electrons. The van der Waals surface area contributed by atoms with E-state index in [1.165, 1.54) is 19.3 Å². The number of hydrogen-bond donors (Lipinski definition) is 2. The van der Waals surface area contributed by atoms with Crippen LogP contribution in [0.1, 0.15) is 58.2 Å². The lowest BCUT2D eigenvalue weighted by Crippen LogP contribution is -2.20. The molecule has 0 amide bonds. The summed E-state index contributed by atoms with van der Waals surface area (Å²) in [7, 11) is 0. The Balaban J connectivity index is 2.06. The molecule has 0 aromatic carbocycles. The van der Waals surface area contributed by atoms with Crippen LogP contribution in [0.2, 0.25) is 0 Å². The monoisotopic (exact) mass is 248 g/mol. The average molecular weight is 248 g/mol. The first kappa shape index (κ1) is 13.1. The summed E-state index contributed by atoms with van der Waals surface area (Å²) in [5.74, 6) is 3.47. The van der Waals surface area contributed by atoms with Gasteiger partial charge >= 0.3 is 0 Å². The molecule has 18 heavy (non-hydrogen) atoms. The summed E-state index contributed by atoms with van der Waals surface area (Å²) in [6.45, 7) is 6.38. The number of rotatable bonds is 6. The molecule has 1 unspecified atom stereocenters. The number of nitrogens with one attached hydrogen (secondary N) is 1. The molecular weight excluding hydrogens is 224 g/mol. The third-order valence-electron chi connectivity index (χ3n) is 3.44. The second kappa shape index (κ2) is 5.55. The second-order valence-corrected chi connectivity index (χ2v) is 5.62. The van der Waals surface area contributed by atoms with Gasteiger partial charge in [0.1, 0.15) is 17.5 Å². The quantitative estimate of drug-likeness (QED) is 0.811. The van der Waals surface area contributed by atoms with Gasteiger partial charge in [0, 0.05) is 18.0 Å². The Hall–Kier alpha value is -1.32. The smallest absolute Gasteiger partial charge is 0.135 e. The summed E-state index contributed by atoms with van der Waals surface area (Å²) in [5, 5.41) is 3.50. The van der Waals surface area contributed by atoms with Crippen LogP contribution in [0.25, 0.3) is 0 Å². The van der Waals surface area contributed by atoms with Crippen molar-refractivity contribution in [1.82, 2.24) is 9.97 Å². The summed E-state index contributed by atoms with van der Waals surface area (Å²) in [4.78, 5) is 8.81. The van der Waals surface area contributed by atoms with E-state index in [-0.39, 0.29) is 0 Å². The van der Waals surface area contributed by atoms with Gasteiger partial charge in [0.15, 0.2) is 0 Å². The van der Waals surface area contributed by atoms with Gasteiger partial charge in [0.2, 0.25) is 0 Å². The van der Waals surface area contributed by atoms with Gasteiger partial charge in [-0.15, -0.1) is 0 Å². The summed E-state index contributed by atoms with van der Waals surface area (Å²) >= 11 is 0. The second-order valence-electron chi connectivity index (χ2n) is 5.62. The lowest BCUT2D eigenvalue weighted by molar-refractivity contribution is 0.584. The van der Waals surface area contributed by atoms with E-state index >= 15 is 0 Å². The van der Waals surface area contributed by atoms with Crippen LogP contribution in [-0.4, -0.2) is 16.0 Å². The minimum Gasteiger partial charge on any atom is -0.384 e. The molecule has 1 aliphatic carbocycles. The van der Waals surface area contributed by atoms with Crippen LogP contribution in [0.3, 0.4) is 0 Å². The fraction of sp³-hybridized carbons (Fsp3) is 0.714. The van der Waals surface area contributed by atoms with Gasteiger partial charge in [0.05, 0.1) is 0 Å². The molecule has 1 aliphatic rings. The van der Waals surface area contributed by atoms with Crippen molar-refractivity contribution in [3.8, 4) is 0 Å². The molecular formula is C14H24N4. The topological polar surface area (TPSA) is 63.8 Å². The molecule has 3 N–H and O–H groups in total. The van der Waals surface area contributed by atoms with Gasteiger partial charge in [-0.2, -0.15) is 0 Å². The van der Waals surface area contributed by atoms with Gasteiger partial charge in [0.25, 0.3) is 0 Å². The molecule has 1 atom stereocenters. The molecule has 1 heterocycles. The van der Waals surface area contributed by atoms with Crippen LogP contribution < -0.4 is 11.1 Å². The number of aromatic nitrogens is 2. The Morgan fingerprint density at radius 1 is 1.39 bits per heavy atom. The Kier molecular flexibility index (Phi) is 4.04. The van der Waals surface area contributed by atoms with Crippen LogP contribution in [-0.2, 0) is 0 Å². The maximum atomic E-state index is 5.84. The van der Waals surface area contributed by atoms with Gasteiger partial charge < -0.3 is 11.1 Å². The van der Waals surface area contributed by atoms with Gasteiger partial charge in [-0.1, -0.05) is 33.6 Å². The lowest BCUT2D eigenvalue weighted by Gasteiger charge is -2.18. The van der Waals surface area contributed by atoms with E-state index in [9.17, 15) is 0 Å². The molecule has 1 saturated carbocycles. The molecule has 1 aromatic rings. The normalized spacial score (nSPS) is 16.9. The van der Waals surface area contributed by atoms with Crippen LogP contribution >= 0.6 is 0 Å². The summed E-state index contributed by atoms with van der Waals surface area (Å²) < 4.78 is 0. The molecule has 0 spiro atoms. The van der Waals surface area contributed by atoms with E-state index in [0.717, 1.165) is 24.0 Å². The highest BCUT2D eigenvalue weighted by atomic mass is 15.1. The Morgan fingerprint density at radius 3 is 2.67 bits per heavy atom. The van der Waals surface area contributed by atoms with Crippen molar-refractivity contribution in [2.75, 3.05) is 11.1 Å². The van der Waals surface area contributed by atoms with Gasteiger partial charge in [-0.25, -0.2) is 9.97 Å². The number of nitrogens with zero attached hydrogens (tertiary/aromatic N) is 2. The number of nitrogen functional groups attached to an aromatic ring is 1. The zero-order chi connectivity index (χ0) is 13.1. The lowest BCUT2D eigenvalue weighted by atomic mass is 10.1. The first-order valence-electron chi connectivity index (χ1n) is 6.99. The first-order valence-corrected chi connectivity index (χ1v) is 6.99. The zero-order valence-electron chi connectivity index (χ0n) is 11.6. The van der Waals surface area contributed by atoms with Crippen LogP contribution in [0.5, 0.6) is 0 Å². The number of hydrogen-bond acceptors (Lipinski definition) is 4. The van der Waals surface area contributed by atoms with Crippen molar-refractivity contribution in [2.45, 2.75) is 58.4 Å². The number of nitrogens with two attached hydrogens (primary N) is 1. The predicted molar refractivity (Wildman–Crippen MR) is 75.6 cm³/mol. The number of anilines is 2. The van der Waals surface area contributed by atoms with Crippen molar-refractivity contribution in [3.05, 3.63) is 11.9 Å². The largest absolute Gasteiger partial charge is 0.384 e. The minimum absolute atomic E-state index is 0.303. The maximum absolute atomic E-state index is 5.84. The van der Waals surface area contributed by atoms with E-state index in [0.29, 0.717) is 17.8 Å². The standard InChI is InChI=1S/C14H24N4/c1-4-11(7-10-5-6-10)16-13-8-12(15)17-14(18-13)9(2)3/h8-11H,4-7H2,1-3H3,(H3,15,16,17,18). The fourth-order valence-corrected chi connectivity index (χ4v) is 2.11. The molecule has 100 valence electrons. The highest BCUT2D eigenvalue weighted by molar-refractivity contribution is 5.45. The molecule has 0 aliphatic heterocycles. The van der Waals surface area contributed by atoms with Crippen LogP contribution in [0.4, 0.5) is 11.6 Å². The van der Waals surface area contributed by atoms with Crippen molar-refractivity contribution < 1.29 is 0 Å². The van der Waals surface area contributed by atoms with Crippen molar-refractivity contribution in [3.63, 3.8) is 0 Å². The summed E-state index contributed by atoms with van der Waals surface area (Å²) in [6.07, 6.45) is 5.15. The summed E-state index contributed by atoms with van der Waals surface area (Å²) in [5.41, 5.74) is 5.84. The van der Waals surface area contributed by atoms with E-state index < -0.39 is 0 Å². The zero-order valence-corrected chi connectivity index (χ0v) is 11.6. The Bertz CT molecular complexity index is 399. The third kappa shape index (κ3) is 3.59. The molecule has 1 aromatic heterocycles. The molecule has 0 bridgehead atoms. The molecule has 4 heteroatoms. The van der Waals surface area contributed by atoms with Gasteiger partial charge in [-0.3, -0.25) is 0 Å². The predicted octanol–water partition coefficient (Wildman–Crippen LogP) is 3.17. The van der Waals surface area contributed by atoms with Crippen LogP contribution in [0, 0.1) is 5.92 Å². The minimum atomic E-state index is 0.303. The van der Waals surface area contributed by atoms with E-state index in [2.05, 4.69) is 36.1 Å².